The molecule has 0 amide bonds. The molecule has 0 radical (unpaired) electrons. The maximum atomic E-state index is 13.3. The summed E-state index contributed by atoms with van der Waals surface area (Å²) in [6.45, 7) is 0.150. The van der Waals surface area contributed by atoms with Gasteiger partial charge in [0.25, 0.3) is 0 Å². The van der Waals surface area contributed by atoms with Crippen molar-refractivity contribution < 1.29 is 12.8 Å². The van der Waals surface area contributed by atoms with Crippen molar-refractivity contribution in [3.8, 4) is 12.1 Å². The number of sulfonamides is 1. The van der Waals surface area contributed by atoms with Gasteiger partial charge in [-0.2, -0.15) is 14.8 Å². The highest BCUT2D eigenvalue weighted by molar-refractivity contribution is 7.89. The van der Waals surface area contributed by atoms with Crippen LogP contribution in [0, 0.1) is 28.5 Å². The molecule has 3 rings (SSSR count). The van der Waals surface area contributed by atoms with Gasteiger partial charge < -0.3 is 0 Å². The predicted octanol–water partition coefficient (Wildman–Crippen LogP) is 3.96. The highest BCUT2D eigenvalue weighted by Gasteiger charge is 2.25. The minimum Gasteiger partial charge on any atom is -0.207 e. The minimum atomic E-state index is -3.91. The summed E-state index contributed by atoms with van der Waals surface area (Å²) in [5.41, 5.74) is 2.38. The Hall–Kier alpha value is -3.52. The fraction of sp³-hybridized carbons (Fsp3) is 0.0909. The third-order valence-corrected chi connectivity index (χ3v) is 6.14. The molecule has 0 saturated heterocycles. The third kappa shape index (κ3) is 4.85. The maximum Gasteiger partial charge on any atom is 0.243 e. The second-order valence-corrected chi connectivity index (χ2v) is 8.28. The molecule has 0 aliphatic heterocycles. The summed E-state index contributed by atoms with van der Waals surface area (Å²) in [7, 11) is -3.91. The van der Waals surface area contributed by atoms with E-state index in [1.54, 1.807) is 48.5 Å². The molecule has 5 nitrogen and oxygen atoms in total. The zero-order chi connectivity index (χ0) is 20.9. The molecule has 3 aromatic rings. The van der Waals surface area contributed by atoms with Gasteiger partial charge in [-0.3, -0.25) is 0 Å². The van der Waals surface area contributed by atoms with E-state index in [2.05, 4.69) is 0 Å². The molecule has 7 heteroatoms. The Morgan fingerprint density at radius 2 is 1.14 bits per heavy atom. The van der Waals surface area contributed by atoms with Gasteiger partial charge in [0.2, 0.25) is 10.0 Å². The zero-order valence-electron chi connectivity index (χ0n) is 15.3. The first-order valence-electron chi connectivity index (χ1n) is 8.66. The fourth-order valence-corrected chi connectivity index (χ4v) is 4.17. The Kier molecular flexibility index (Phi) is 6.04. The molecule has 0 heterocycles. The van der Waals surface area contributed by atoms with Crippen molar-refractivity contribution in [2.75, 3.05) is 0 Å². The van der Waals surface area contributed by atoms with Crippen LogP contribution in [0.5, 0.6) is 0 Å². The molecule has 0 atom stereocenters. The van der Waals surface area contributed by atoms with Crippen LogP contribution in [0.4, 0.5) is 4.39 Å². The lowest BCUT2D eigenvalue weighted by atomic mass is 10.1. The van der Waals surface area contributed by atoms with Crippen LogP contribution in [0.15, 0.2) is 77.7 Å². The maximum absolute atomic E-state index is 13.3. The molecule has 3 aromatic carbocycles. The summed E-state index contributed by atoms with van der Waals surface area (Å²) in [5.74, 6) is -0.519. The number of halogens is 1. The molecule has 0 N–H and O–H groups in total. The number of hydrogen-bond donors (Lipinski definition) is 0. The van der Waals surface area contributed by atoms with E-state index in [9.17, 15) is 12.8 Å². The first kappa shape index (κ1) is 20.2. The smallest absolute Gasteiger partial charge is 0.207 e. The van der Waals surface area contributed by atoms with E-state index in [0.717, 1.165) is 12.1 Å². The summed E-state index contributed by atoms with van der Waals surface area (Å²) < 4.78 is 40.9. The van der Waals surface area contributed by atoms with Crippen molar-refractivity contribution in [3.05, 3.63) is 101 Å². The van der Waals surface area contributed by atoms with Crippen LogP contribution >= 0.6 is 0 Å². The van der Waals surface area contributed by atoms with E-state index in [4.69, 9.17) is 10.5 Å². The molecule has 0 aromatic heterocycles. The fourth-order valence-electron chi connectivity index (χ4n) is 2.76. The Morgan fingerprint density at radius 3 is 1.52 bits per heavy atom. The van der Waals surface area contributed by atoms with E-state index in [1.165, 1.54) is 16.4 Å². The summed E-state index contributed by atoms with van der Waals surface area (Å²) in [4.78, 5) is -0.0128. The standard InChI is InChI=1S/C22H16FN3O2S/c23-21-9-11-22(12-10-21)29(27,28)26(15-19-5-1-17(13-24)2-6-19)16-20-7-3-18(14-25)4-8-20/h1-12H,15-16H2. The molecular formula is C22H16FN3O2S. The quantitative estimate of drug-likeness (QED) is 0.621. The van der Waals surface area contributed by atoms with Gasteiger partial charge in [0.05, 0.1) is 28.2 Å². The summed E-state index contributed by atoms with van der Waals surface area (Å²) in [5, 5.41) is 17.9. The summed E-state index contributed by atoms with van der Waals surface area (Å²) in [6.07, 6.45) is 0. The molecule has 144 valence electrons. The monoisotopic (exact) mass is 405 g/mol. The van der Waals surface area contributed by atoms with Gasteiger partial charge in [0.15, 0.2) is 0 Å². The highest BCUT2D eigenvalue weighted by atomic mass is 32.2. The lowest BCUT2D eigenvalue weighted by Gasteiger charge is -2.23. The molecule has 0 aliphatic carbocycles. The highest BCUT2D eigenvalue weighted by Crippen LogP contribution is 2.22. The van der Waals surface area contributed by atoms with Gasteiger partial charge in [0.1, 0.15) is 5.82 Å². The number of hydrogen-bond acceptors (Lipinski definition) is 4. The van der Waals surface area contributed by atoms with Gasteiger partial charge >= 0.3 is 0 Å². The van der Waals surface area contributed by atoms with Crippen molar-refractivity contribution in [2.45, 2.75) is 18.0 Å². The minimum absolute atomic E-state index is 0.0128. The first-order valence-corrected chi connectivity index (χ1v) is 10.1. The van der Waals surface area contributed by atoms with Gasteiger partial charge in [-0.25, -0.2) is 12.8 Å². The average molecular weight is 405 g/mol. The van der Waals surface area contributed by atoms with Gasteiger partial charge in [-0.15, -0.1) is 0 Å². The number of benzene rings is 3. The van der Waals surface area contributed by atoms with Crippen LogP contribution in [0.1, 0.15) is 22.3 Å². The predicted molar refractivity (Wildman–Crippen MR) is 105 cm³/mol. The lowest BCUT2D eigenvalue weighted by Crippen LogP contribution is -2.30. The topological polar surface area (TPSA) is 85.0 Å². The largest absolute Gasteiger partial charge is 0.243 e. The first-order chi connectivity index (χ1) is 13.9. The van der Waals surface area contributed by atoms with Crippen molar-refractivity contribution in [3.63, 3.8) is 0 Å². The van der Waals surface area contributed by atoms with Crippen molar-refractivity contribution in [2.24, 2.45) is 0 Å². The molecule has 0 aliphatic rings. The molecule has 0 fully saturated rings. The van der Waals surface area contributed by atoms with E-state index >= 15 is 0 Å². The molecule has 29 heavy (non-hydrogen) atoms. The van der Waals surface area contributed by atoms with Crippen LogP contribution < -0.4 is 0 Å². The Bertz CT molecular complexity index is 1120. The van der Waals surface area contributed by atoms with Crippen molar-refractivity contribution in [1.29, 1.82) is 10.5 Å². The van der Waals surface area contributed by atoms with Gasteiger partial charge in [-0.1, -0.05) is 24.3 Å². The van der Waals surface area contributed by atoms with Crippen LogP contribution in [0.2, 0.25) is 0 Å². The van der Waals surface area contributed by atoms with Gasteiger partial charge in [0, 0.05) is 13.1 Å². The zero-order valence-corrected chi connectivity index (χ0v) is 16.1. The van der Waals surface area contributed by atoms with Crippen LogP contribution in [0.3, 0.4) is 0 Å². The van der Waals surface area contributed by atoms with E-state index in [1.807, 2.05) is 12.1 Å². The van der Waals surface area contributed by atoms with E-state index in [-0.39, 0.29) is 18.0 Å². The van der Waals surface area contributed by atoms with E-state index in [0.29, 0.717) is 22.3 Å². The second kappa shape index (κ2) is 8.66. The average Bonchev–Trinajstić information content (AvgIpc) is 2.74. The molecule has 0 spiro atoms. The summed E-state index contributed by atoms with van der Waals surface area (Å²) >= 11 is 0. The molecule has 0 unspecified atom stereocenters. The summed E-state index contributed by atoms with van der Waals surface area (Å²) in [6, 6.07) is 22.0. The number of nitriles is 2. The molecular weight excluding hydrogens is 389 g/mol. The Labute approximate surface area is 168 Å². The molecule has 0 saturated carbocycles. The van der Waals surface area contributed by atoms with E-state index < -0.39 is 15.8 Å². The Morgan fingerprint density at radius 1 is 0.724 bits per heavy atom. The second-order valence-electron chi connectivity index (χ2n) is 6.34. The van der Waals surface area contributed by atoms with Gasteiger partial charge in [-0.05, 0) is 59.7 Å². The van der Waals surface area contributed by atoms with Crippen molar-refractivity contribution in [1.82, 2.24) is 4.31 Å². The van der Waals surface area contributed by atoms with Crippen LogP contribution in [0.25, 0.3) is 0 Å². The third-order valence-electron chi connectivity index (χ3n) is 4.34. The lowest BCUT2D eigenvalue weighted by molar-refractivity contribution is 0.401. The Balaban J connectivity index is 1.96. The number of nitrogens with zero attached hydrogens (tertiary/aromatic N) is 3. The SMILES string of the molecule is N#Cc1ccc(CN(Cc2ccc(C#N)cc2)S(=O)(=O)c2ccc(F)cc2)cc1. The van der Waals surface area contributed by atoms with Crippen LogP contribution in [-0.2, 0) is 23.1 Å². The van der Waals surface area contributed by atoms with Crippen molar-refractivity contribution >= 4 is 10.0 Å². The van der Waals surface area contributed by atoms with Crippen LogP contribution in [-0.4, -0.2) is 12.7 Å². The normalized spacial score (nSPS) is 11.0. The molecule has 0 bridgehead atoms. The number of rotatable bonds is 6.